The monoisotopic (exact) mass is 494 g/mol. The topological polar surface area (TPSA) is 89.7 Å². The molecule has 0 radical (unpaired) electrons. The molecule has 6 rings (SSSR count). The third-order valence-corrected chi connectivity index (χ3v) is 6.93. The van der Waals surface area contributed by atoms with E-state index in [4.69, 9.17) is 19.0 Å². The maximum atomic E-state index is 13.5. The van der Waals surface area contributed by atoms with Gasteiger partial charge in [-0.05, 0) is 74.7 Å². The van der Waals surface area contributed by atoms with Crippen molar-refractivity contribution in [3.8, 4) is 22.9 Å². The summed E-state index contributed by atoms with van der Waals surface area (Å²) in [5, 5.41) is 7.42. The lowest BCUT2D eigenvalue weighted by Gasteiger charge is -2.35. The summed E-state index contributed by atoms with van der Waals surface area (Å²) in [7, 11) is 0. The Morgan fingerprint density at radius 2 is 1.68 bits per heavy atom. The number of hydrogen-bond donors (Lipinski definition) is 1. The zero-order valence-electron chi connectivity index (χ0n) is 21.0. The second-order valence-corrected chi connectivity index (χ2v) is 9.39. The van der Waals surface area contributed by atoms with Crippen molar-refractivity contribution in [3.63, 3.8) is 0 Å². The fourth-order valence-corrected chi connectivity index (χ4v) is 4.69. The van der Waals surface area contributed by atoms with Crippen LogP contribution in [0.5, 0.6) is 11.5 Å². The highest BCUT2D eigenvalue weighted by Gasteiger charge is 2.36. The molecule has 3 heterocycles. The van der Waals surface area contributed by atoms with Crippen molar-refractivity contribution in [2.75, 3.05) is 11.7 Å². The van der Waals surface area contributed by atoms with Crippen LogP contribution in [-0.2, 0) is 0 Å². The first-order valence-electron chi connectivity index (χ1n) is 12.1. The average Bonchev–Trinajstić information content (AvgIpc) is 3.56. The number of allylic oxidation sites excluding steroid dienone is 1. The minimum absolute atomic E-state index is 0.189. The Kier molecular flexibility index (Phi) is 5.44. The highest BCUT2D eigenvalue weighted by molar-refractivity contribution is 6.01. The number of urea groups is 1. The van der Waals surface area contributed by atoms with E-state index in [1.165, 1.54) is 0 Å². The average molecular weight is 495 g/mol. The fraction of sp³-hybridized carbons (Fsp3) is 0.207. The van der Waals surface area contributed by atoms with Crippen molar-refractivity contribution < 1.29 is 18.8 Å². The molecule has 0 saturated heterocycles. The number of nitrogens with zero attached hydrogens (tertiary/aromatic N) is 3. The number of benzene rings is 3. The van der Waals surface area contributed by atoms with E-state index in [0.717, 1.165) is 44.8 Å². The molecule has 1 aromatic heterocycles. The van der Waals surface area contributed by atoms with Crippen molar-refractivity contribution in [3.05, 3.63) is 94.5 Å². The molecule has 1 atom stereocenters. The molecular weight excluding hydrogens is 468 g/mol. The van der Waals surface area contributed by atoms with Gasteiger partial charge in [-0.25, -0.2) is 4.79 Å². The fourth-order valence-electron chi connectivity index (χ4n) is 4.69. The third-order valence-electron chi connectivity index (χ3n) is 6.93. The van der Waals surface area contributed by atoms with Crippen molar-refractivity contribution >= 4 is 17.3 Å². The largest absolute Gasteiger partial charge is 0.454 e. The number of amides is 2. The van der Waals surface area contributed by atoms with E-state index in [0.29, 0.717) is 23.2 Å². The molecule has 1 unspecified atom stereocenters. The van der Waals surface area contributed by atoms with E-state index in [2.05, 4.69) is 10.5 Å². The molecule has 2 aliphatic rings. The summed E-state index contributed by atoms with van der Waals surface area (Å²) in [5.74, 6) is 2.09. The molecule has 0 bridgehead atoms. The summed E-state index contributed by atoms with van der Waals surface area (Å²) in [5.41, 5.74) is 7.29. The Balaban J connectivity index is 1.47. The maximum absolute atomic E-state index is 13.5. The molecule has 0 spiro atoms. The third kappa shape index (κ3) is 4.00. The minimum Gasteiger partial charge on any atom is -0.454 e. The van der Waals surface area contributed by atoms with Gasteiger partial charge in [0.05, 0.1) is 17.3 Å². The van der Waals surface area contributed by atoms with Gasteiger partial charge in [0, 0.05) is 11.3 Å². The molecule has 1 N–H and O–H groups in total. The van der Waals surface area contributed by atoms with Gasteiger partial charge in [-0.2, -0.15) is 4.98 Å². The van der Waals surface area contributed by atoms with Crippen LogP contribution in [0, 0.1) is 20.8 Å². The molecule has 0 aliphatic carbocycles. The summed E-state index contributed by atoms with van der Waals surface area (Å²) in [6, 6.07) is 18.9. The molecule has 8 nitrogen and oxygen atoms in total. The highest BCUT2D eigenvalue weighted by Crippen LogP contribution is 2.40. The summed E-state index contributed by atoms with van der Waals surface area (Å²) in [4.78, 5) is 19.9. The first-order chi connectivity index (χ1) is 17.9. The van der Waals surface area contributed by atoms with Crippen LogP contribution in [0.1, 0.15) is 41.1 Å². The molecule has 8 heteroatoms. The van der Waals surface area contributed by atoms with E-state index < -0.39 is 6.04 Å². The smallest absolute Gasteiger partial charge is 0.326 e. The zero-order chi connectivity index (χ0) is 25.7. The summed E-state index contributed by atoms with van der Waals surface area (Å²) < 4.78 is 16.7. The second kappa shape index (κ2) is 8.81. The minimum atomic E-state index is -0.457. The number of fused-ring (bicyclic) bond motifs is 1. The molecule has 186 valence electrons. The van der Waals surface area contributed by atoms with Gasteiger partial charge in [0.2, 0.25) is 12.6 Å². The van der Waals surface area contributed by atoms with Crippen LogP contribution in [0.25, 0.3) is 17.0 Å². The number of rotatable bonds is 4. The van der Waals surface area contributed by atoms with E-state index >= 15 is 0 Å². The van der Waals surface area contributed by atoms with Gasteiger partial charge in [0.15, 0.2) is 11.5 Å². The van der Waals surface area contributed by atoms with Gasteiger partial charge in [0.25, 0.3) is 5.89 Å². The zero-order valence-corrected chi connectivity index (χ0v) is 21.0. The van der Waals surface area contributed by atoms with Crippen LogP contribution in [-0.4, -0.2) is 23.0 Å². The second-order valence-electron chi connectivity index (χ2n) is 9.39. The van der Waals surface area contributed by atoms with Gasteiger partial charge in [-0.3, -0.25) is 4.90 Å². The van der Waals surface area contributed by atoms with E-state index in [1.54, 1.807) is 4.90 Å². The highest BCUT2D eigenvalue weighted by atomic mass is 16.7. The summed E-state index contributed by atoms with van der Waals surface area (Å²) >= 11 is 0. The molecule has 0 saturated carbocycles. The first kappa shape index (κ1) is 22.8. The molecule has 37 heavy (non-hydrogen) atoms. The Bertz CT molecular complexity index is 1550. The van der Waals surface area contributed by atoms with Crippen molar-refractivity contribution in [2.24, 2.45) is 0 Å². The lowest BCUT2D eigenvalue weighted by molar-refractivity contribution is 0.174. The van der Waals surface area contributed by atoms with E-state index in [-0.39, 0.29) is 12.8 Å². The van der Waals surface area contributed by atoms with Gasteiger partial charge in [0.1, 0.15) is 0 Å². The Morgan fingerprint density at radius 3 is 2.46 bits per heavy atom. The number of aryl methyl sites for hydroxylation is 3. The van der Waals surface area contributed by atoms with Gasteiger partial charge in [-0.1, -0.05) is 41.1 Å². The lowest BCUT2D eigenvalue weighted by atomic mass is 9.93. The maximum Gasteiger partial charge on any atom is 0.326 e. The van der Waals surface area contributed by atoms with Crippen LogP contribution in [0.3, 0.4) is 0 Å². The Hall–Kier alpha value is -4.59. The summed E-state index contributed by atoms with van der Waals surface area (Å²) in [6.07, 6.45) is 0. The van der Waals surface area contributed by atoms with Crippen molar-refractivity contribution in [2.45, 2.75) is 33.7 Å². The Labute approximate surface area is 214 Å². The number of carbonyl (C=O) groups excluding carboxylic acids is 1. The predicted molar refractivity (Wildman–Crippen MR) is 139 cm³/mol. The quantitative estimate of drug-likeness (QED) is 0.369. The van der Waals surface area contributed by atoms with Gasteiger partial charge >= 0.3 is 6.03 Å². The van der Waals surface area contributed by atoms with E-state index in [1.807, 2.05) is 88.4 Å². The number of anilines is 1. The van der Waals surface area contributed by atoms with Crippen molar-refractivity contribution in [1.29, 1.82) is 0 Å². The van der Waals surface area contributed by atoms with Gasteiger partial charge < -0.3 is 19.3 Å². The molecular formula is C29H26N4O4. The molecule has 0 fully saturated rings. The summed E-state index contributed by atoms with van der Waals surface area (Å²) in [6.45, 7) is 8.21. The van der Waals surface area contributed by atoms with Crippen LogP contribution >= 0.6 is 0 Å². The number of aromatic nitrogens is 2. The molecule has 2 amide bonds. The number of hydrogen-bond acceptors (Lipinski definition) is 6. The van der Waals surface area contributed by atoms with Crippen LogP contribution in [0.2, 0.25) is 0 Å². The van der Waals surface area contributed by atoms with Gasteiger partial charge in [-0.15, -0.1) is 0 Å². The molecule has 4 aromatic rings. The number of nitrogens with one attached hydrogen (secondary N) is 1. The SMILES string of the molecule is CC1=C(c2nc(-c3ccc4c(c3)OCO4)no2)C(c2ccc(C)cc2)NC(=O)N1c1ccc(C)c(C)c1. The van der Waals surface area contributed by atoms with Crippen molar-refractivity contribution in [1.82, 2.24) is 15.5 Å². The van der Waals surface area contributed by atoms with Crippen LogP contribution in [0.15, 0.2) is 70.9 Å². The predicted octanol–water partition coefficient (Wildman–Crippen LogP) is 6.09. The number of carbonyl (C=O) groups is 1. The lowest BCUT2D eigenvalue weighted by Crippen LogP contribution is -2.46. The van der Waals surface area contributed by atoms with Crippen LogP contribution in [0.4, 0.5) is 10.5 Å². The Morgan fingerprint density at radius 1 is 0.892 bits per heavy atom. The molecule has 2 aliphatic heterocycles. The molecule has 3 aromatic carbocycles. The van der Waals surface area contributed by atoms with E-state index in [9.17, 15) is 4.79 Å². The normalized spacial score (nSPS) is 16.8. The number of ether oxygens (including phenoxy) is 2. The van der Waals surface area contributed by atoms with Crippen LogP contribution < -0.4 is 19.7 Å². The first-order valence-corrected chi connectivity index (χ1v) is 12.1. The standard InChI is InChI=1S/C29H26N4O4/c1-16-5-8-20(9-6-16)26-25(19(4)33(29(34)30-26)22-11-7-17(2)18(3)13-22)28-31-27(32-37-28)21-10-12-23-24(14-21)36-15-35-23/h5-14,26H,15H2,1-4H3,(H,30,34).